The largest absolute Gasteiger partial charge is 0.481 e. The van der Waals surface area contributed by atoms with Crippen molar-refractivity contribution in [2.45, 2.75) is 0 Å². The van der Waals surface area contributed by atoms with E-state index in [1.54, 1.807) is 24.3 Å². The standard InChI is InChI=1S/C15H10Br2ClNO4/c16-11-4-8(15(21)22)5-12(17)14(11)23-7-13(20)19-10-3-1-2-9(18)6-10/h1-6H,7H2,(H,19,20)(H,21,22). The second kappa shape index (κ2) is 7.81. The van der Waals surface area contributed by atoms with Crippen LogP contribution in [0.5, 0.6) is 5.75 Å². The molecule has 2 aromatic carbocycles. The van der Waals surface area contributed by atoms with Gasteiger partial charge in [-0.25, -0.2) is 4.79 Å². The molecule has 0 saturated heterocycles. The molecule has 0 aliphatic rings. The molecule has 0 aromatic heterocycles. The van der Waals surface area contributed by atoms with Crippen LogP contribution in [0.25, 0.3) is 0 Å². The normalized spacial score (nSPS) is 10.2. The fraction of sp³-hybridized carbons (Fsp3) is 0.0667. The lowest BCUT2D eigenvalue weighted by atomic mass is 10.2. The van der Waals surface area contributed by atoms with Crippen molar-refractivity contribution in [3.8, 4) is 5.75 Å². The molecule has 0 atom stereocenters. The highest BCUT2D eigenvalue weighted by molar-refractivity contribution is 9.11. The molecule has 2 rings (SSSR count). The van der Waals surface area contributed by atoms with E-state index in [2.05, 4.69) is 37.2 Å². The van der Waals surface area contributed by atoms with Crippen LogP contribution in [0.15, 0.2) is 45.3 Å². The number of hydrogen-bond donors (Lipinski definition) is 2. The first-order valence-corrected chi connectivity index (χ1v) is 8.24. The second-order valence-corrected chi connectivity index (χ2v) is 6.57. The van der Waals surface area contributed by atoms with Gasteiger partial charge in [-0.3, -0.25) is 4.79 Å². The number of amides is 1. The molecule has 0 heterocycles. The Balaban J connectivity index is 2.03. The molecule has 1 amide bonds. The minimum atomic E-state index is -1.06. The maximum atomic E-state index is 11.9. The first-order valence-electron chi connectivity index (χ1n) is 6.27. The van der Waals surface area contributed by atoms with Gasteiger partial charge in [-0.05, 0) is 62.2 Å². The van der Waals surface area contributed by atoms with Crippen LogP contribution in [-0.4, -0.2) is 23.6 Å². The summed E-state index contributed by atoms with van der Waals surface area (Å²) in [5.74, 6) is -1.08. The van der Waals surface area contributed by atoms with Crippen LogP contribution in [0.4, 0.5) is 5.69 Å². The Morgan fingerprint density at radius 3 is 2.39 bits per heavy atom. The van der Waals surface area contributed by atoms with Gasteiger partial charge in [0.15, 0.2) is 6.61 Å². The van der Waals surface area contributed by atoms with E-state index in [4.69, 9.17) is 21.4 Å². The highest BCUT2D eigenvalue weighted by Gasteiger charge is 2.14. The zero-order valence-corrected chi connectivity index (χ0v) is 15.4. The number of carboxylic acids is 1. The van der Waals surface area contributed by atoms with Crippen molar-refractivity contribution in [1.29, 1.82) is 0 Å². The molecule has 0 aliphatic carbocycles. The summed E-state index contributed by atoms with van der Waals surface area (Å²) in [5, 5.41) is 12.1. The number of carbonyl (C=O) groups excluding carboxylic acids is 1. The summed E-state index contributed by atoms with van der Waals surface area (Å²) >= 11 is 12.3. The fourth-order valence-corrected chi connectivity index (χ4v) is 3.33. The number of carbonyl (C=O) groups is 2. The lowest BCUT2D eigenvalue weighted by molar-refractivity contribution is -0.118. The maximum Gasteiger partial charge on any atom is 0.335 e. The smallest absolute Gasteiger partial charge is 0.335 e. The molecule has 0 bridgehead atoms. The zero-order chi connectivity index (χ0) is 17.0. The van der Waals surface area contributed by atoms with E-state index < -0.39 is 5.97 Å². The highest BCUT2D eigenvalue weighted by Crippen LogP contribution is 2.34. The van der Waals surface area contributed by atoms with Crippen LogP contribution in [0.1, 0.15) is 10.4 Å². The Hall–Kier alpha value is -1.57. The number of benzene rings is 2. The van der Waals surface area contributed by atoms with E-state index in [-0.39, 0.29) is 18.1 Å². The molecule has 0 aliphatic heterocycles. The van der Waals surface area contributed by atoms with Crippen LogP contribution in [0, 0.1) is 0 Å². The van der Waals surface area contributed by atoms with Gasteiger partial charge in [0.1, 0.15) is 5.75 Å². The quantitative estimate of drug-likeness (QED) is 0.681. The molecule has 0 fully saturated rings. The number of ether oxygens (including phenoxy) is 1. The van der Waals surface area contributed by atoms with E-state index in [0.717, 1.165) is 0 Å². The number of rotatable bonds is 5. The molecular formula is C15H10Br2ClNO4. The number of anilines is 1. The Bertz CT molecular complexity index is 744. The summed E-state index contributed by atoms with van der Waals surface area (Å²) in [4.78, 5) is 22.8. The monoisotopic (exact) mass is 461 g/mol. The third kappa shape index (κ3) is 4.95. The number of hydrogen-bond acceptors (Lipinski definition) is 3. The molecule has 0 spiro atoms. The summed E-state index contributed by atoms with van der Waals surface area (Å²) < 4.78 is 6.30. The van der Waals surface area contributed by atoms with Gasteiger partial charge >= 0.3 is 5.97 Å². The van der Waals surface area contributed by atoms with E-state index in [0.29, 0.717) is 25.4 Å². The topological polar surface area (TPSA) is 75.6 Å². The Morgan fingerprint density at radius 1 is 1.17 bits per heavy atom. The molecule has 0 saturated carbocycles. The second-order valence-electron chi connectivity index (χ2n) is 4.42. The lowest BCUT2D eigenvalue weighted by Gasteiger charge is -2.11. The van der Waals surface area contributed by atoms with Gasteiger partial charge in [0.25, 0.3) is 5.91 Å². The molecule has 0 unspecified atom stereocenters. The van der Waals surface area contributed by atoms with Gasteiger partial charge in [-0.1, -0.05) is 17.7 Å². The summed E-state index contributed by atoms with van der Waals surface area (Å²) in [6.07, 6.45) is 0. The van der Waals surface area contributed by atoms with Crippen molar-refractivity contribution < 1.29 is 19.4 Å². The summed E-state index contributed by atoms with van der Waals surface area (Å²) in [7, 11) is 0. The van der Waals surface area contributed by atoms with Crippen molar-refractivity contribution in [2.24, 2.45) is 0 Å². The fourth-order valence-electron chi connectivity index (χ4n) is 1.72. The van der Waals surface area contributed by atoms with Gasteiger partial charge in [0.2, 0.25) is 0 Å². The van der Waals surface area contributed by atoms with Gasteiger partial charge in [-0.2, -0.15) is 0 Å². The van der Waals surface area contributed by atoms with Crippen LogP contribution in [0.2, 0.25) is 5.02 Å². The first kappa shape index (κ1) is 17.8. The van der Waals surface area contributed by atoms with E-state index in [1.807, 2.05) is 0 Å². The van der Waals surface area contributed by atoms with Crippen molar-refractivity contribution in [1.82, 2.24) is 0 Å². The minimum absolute atomic E-state index is 0.0967. The average Bonchev–Trinajstić information content (AvgIpc) is 2.46. The number of halogens is 3. The Labute approximate surface area is 153 Å². The third-order valence-electron chi connectivity index (χ3n) is 2.70. The summed E-state index contributed by atoms with van der Waals surface area (Å²) in [5.41, 5.74) is 0.657. The Morgan fingerprint density at radius 2 is 1.83 bits per heavy atom. The van der Waals surface area contributed by atoms with Gasteiger partial charge in [-0.15, -0.1) is 0 Å². The molecule has 0 radical (unpaired) electrons. The Kier molecular flexibility index (Phi) is 6.04. The average molecular weight is 464 g/mol. The van der Waals surface area contributed by atoms with Gasteiger partial charge in [0.05, 0.1) is 14.5 Å². The predicted octanol–water partition coefficient (Wildman–Crippen LogP) is 4.58. The molecule has 23 heavy (non-hydrogen) atoms. The summed E-state index contributed by atoms with van der Waals surface area (Å²) in [6.45, 7) is -0.240. The molecule has 5 nitrogen and oxygen atoms in total. The van der Waals surface area contributed by atoms with Gasteiger partial charge in [0, 0.05) is 10.7 Å². The SMILES string of the molecule is O=C(COc1c(Br)cc(C(=O)O)cc1Br)Nc1cccc(Cl)c1. The highest BCUT2D eigenvalue weighted by atomic mass is 79.9. The number of aromatic carboxylic acids is 1. The van der Waals surface area contributed by atoms with E-state index >= 15 is 0 Å². The first-order chi connectivity index (χ1) is 10.9. The van der Waals surface area contributed by atoms with Crippen molar-refractivity contribution in [3.05, 3.63) is 55.9 Å². The minimum Gasteiger partial charge on any atom is -0.481 e. The predicted molar refractivity (Wildman–Crippen MR) is 94.4 cm³/mol. The van der Waals surface area contributed by atoms with Crippen LogP contribution < -0.4 is 10.1 Å². The van der Waals surface area contributed by atoms with E-state index in [9.17, 15) is 9.59 Å². The van der Waals surface area contributed by atoms with E-state index in [1.165, 1.54) is 12.1 Å². The third-order valence-corrected chi connectivity index (χ3v) is 4.11. The van der Waals surface area contributed by atoms with Crippen LogP contribution in [-0.2, 0) is 4.79 Å². The van der Waals surface area contributed by atoms with Crippen molar-refractivity contribution in [2.75, 3.05) is 11.9 Å². The van der Waals surface area contributed by atoms with Crippen molar-refractivity contribution >= 4 is 61.0 Å². The molecule has 2 N–H and O–H groups in total. The molecular weight excluding hydrogens is 453 g/mol. The number of nitrogens with one attached hydrogen (secondary N) is 1. The lowest BCUT2D eigenvalue weighted by Crippen LogP contribution is -2.20. The maximum absolute atomic E-state index is 11.9. The van der Waals surface area contributed by atoms with Crippen LogP contribution >= 0.6 is 43.5 Å². The number of carboxylic acid groups (broad SMARTS) is 1. The van der Waals surface area contributed by atoms with Crippen molar-refractivity contribution in [3.63, 3.8) is 0 Å². The molecule has 120 valence electrons. The molecule has 8 heteroatoms. The van der Waals surface area contributed by atoms with Gasteiger partial charge < -0.3 is 15.2 Å². The zero-order valence-electron chi connectivity index (χ0n) is 11.5. The van der Waals surface area contributed by atoms with Crippen LogP contribution in [0.3, 0.4) is 0 Å². The molecule has 2 aromatic rings. The summed E-state index contributed by atoms with van der Waals surface area (Å²) in [6, 6.07) is 9.54.